The van der Waals surface area contributed by atoms with Crippen LogP contribution in [-0.2, 0) is 13.0 Å². The highest BCUT2D eigenvalue weighted by molar-refractivity contribution is 7.15. The number of likely N-dealkylation sites (N-methyl/N-ethyl adjacent to an activating group) is 1. The van der Waals surface area contributed by atoms with Gasteiger partial charge >= 0.3 is 0 Å². The summed E-state index contributed by atoms with van der Waals surface area (Å²) in [7, 11) is 2.10. The lowest BCUT2D eigenvalue weighted by atomic mass is 10.1. The normalized spacial score (nSPS) is 14.3. The minimum atomic E-state index is -0.258. The maximum atomic E-state index is 13.3. The molecule has 4 aromatic rings. The van der Waals surface area contributed by atoms with Crippen LogP contribution in [0.5, 0.6) is 5.88 Å². The minimum Gasteiger partial charge on any atom is -0.494 e. The second kappa shape index (κ2) is 8.00. The molecule has 0 saturated heterocycles. The Morgan fingerprint density at radius 2 is 1.91 bits per heavy atom. The molecule has 0 radical (unpaired) electrons. The van der Waals surface area contributed by atoms with Crippen LogP contribution in [0.3, 0.4) is 0 Å². The maximum absolute atomic E-state index is 13.3. The molecule has 0 bridgehead atoms. The van der Waals surface area contributed by atoms with Gasteiger partial charge in [0.2, 0.25) is 11.0 Å². The number of thiazole rings is 1. The topological polar surface area (TPSA) is 70.7 Å². The van der Waals surface area contributed by atoms with Gasteiger partial charge in [-0.15, -0.1) is 0 Å². The van der Waals surface area contributed by atoms with Gasteiger partial charge in [-0.25, -0.2) is 14.5 Å². The highest BCUT2D eigenvalue weighted by Crippen LogP contribution is 2.31. The lowest BCUT2D eigenvalue weighted by Gasteiger charge is -2.20. The lowest BCUT2D eigenvalue weighted by molar-refractivity contribution is 0.314. The van der Waals surface area contributed by atoms with E-state index < -0.39 is 0 Å². The van der Waals surface area contributed by atoms with E-state index in [-0.39, 0.29) is 11.4 Å². The van der Waals surface area contributed by atoms with Crippen molar-refractivity contribution >= 4 is 33.5 Å². The van der Waals surface area contributed by atoms with Crippen LogP contribution in [0.25, 0.3) is 16.5 Å². The number of fused-ring (bicyclic) bond motifs is 2. The van der Waals surface area contributed by atoms with Crippen LogP contribution >= 0.6 is 11.3 Å². The molecular weight excluding hydrogens is 420 g/mol. The van der Waals surface area contributed by atoms with E-state index in [0.717, 1.165) is 36.3 Å². The molecule has 0 fully saturated rings. The Labute approximate surface area is 190 Å². The van der Waals surface area contributed by atoms with Crippen LogP contribution in [0.4, 0.5) is 5.13 Å². The molecule has 0 spiro atoms. The zero-order valence-corrected chi connectivity index (χ0v) is 19.1. The van der Waals surface area contributed by atoms with Crippen LogP contribution in [0.2, 0.25) is 0 Å². The first-order valence-electron chi connectivity index (χ1n) is 10.6. The SMILES string of the molecule is Cc1ccc(-n2c(O)c(C=Nc3nc4c(s3)CN(C)CC4)c3ccccc3c2=O)cc1C. The molecule has 0 aliphatic carbocycles. The summed E-state index contributed by atoms with van der Waals surface area (Å²) in [4.78, 5) is 26.1. The average Bonchev–Trinajstić information content (AvgIpc) is 3.18. The Morgan fingerprint density at radius 3 is 2.69 bits per heavy atom. The number of aliphatic imine (C=N–C) groups is 1. The van der Waals surface area contributed by atoms with Crippen molar-refractivity contribution in [3.05, 3.63) is 80.1 Å². The molecule has 6 nitrogen and oxygen atoms in total. The fraction of sp³-hybridized carbons (Fsp3) is 0.240. The van der Waals surface area contributed by atoms with Gasteiger partial charge in [-0.1, -0.05) is 35.6 Å². The standard InChI is InChI=1S/C25H24N4O2S/c1-15-8-9-17(12-16(15)2)29-23(30)19-7-5-4-6-18(19)20(24(29)31)13-26-25-27-21-10-11-28(3)14-22(21)32-25/h4-9,12-13,31H,10-11,14H2,1-3H3. The highest BCUT2D eigenvalue weighted by Gasteiger charge is 2.19. The number of benzene rings is 2. The second-order valence-electron chi connectivity index (χ2n) is 8.30. The molecule has 2 aromatic carbocycles. The first kappa shape index (κ1) is 20.6. The van der Waals surface area contributed by atoms with E-state index in [1.807, 2.05) is 50.2 Å². The zero-order chi connectivity index (χ0) is 22.4. The molecule has 0 saturated carbocycles. The van der Waals surface area contributed by atoms with E-state index in [1.54, 1.807) is 23.6 Å². The van der Waals surface area contributed by atoms with Gasteiger partial charge in [0.25, 0.3) is 5.56 Å². The molecule has 0 unspecified atom stereocenters. The predicted octanol–water partition coefficient (Wildman–Crippen LogP) is 4.51. The van der Waals surface area contributed by atoms with Crippen LogP contribution in [0.1, 0.15) is 27.3 Å². The maximum Gasteiger partial charge on any atom is 0.265 e. The monoisotopic (exact) mass is 444 g/mol. The first-order chi connectivity index (χ1) is 15.4. The fourth-order valence-corrected chi connectivity index (χ4v) is 5.11. The second-order valence-corrected chi connectivity index (χ2v) is 9.37. The number of rotatable bonds is 3. The van der Waals surface area contributed by atoms with Gasteiger partial charge in [-0.05, 0) is 50.2 Å². The minimum absolute atomic E-state index is 0.123. The molecule has 3 heterocycles. The third kappa shape index (κ3) is 3.53. The summed E-state index contributed by atoms with van der Waals surface area (Å²) < 4.78 is 1.36. The summed E-state index contributed by atoms with van der Waals surface area (Å²) in [5.74, 6) is -0.123. The van der Waals surface area contributed by atoms with E-state index in [0.29, 0.717) is 27.2 Å². The molecule has 1 aliphatic heterocycles. The van der Waals surface area contributed by atoms with Crippen molar-refractivity contribution < 1.29 is 5.11 Å². The summed E-state index contributed by atoms with van der Waals surface area (Å²) in [6.45, 7) is 5.89. The van der Waals surface area contributed by atoms with Gasteiger partial charge in [-0.3, -0.25) is 4.79 Å². The first-order valence-corrected chi connectivity index (χ1v) is 11.4. The van der Waals surface area contributed by atoms with Crippen molar-refractivity contribution in [2.24, 2.45) is 4.99 Å². The summed E-state index contributed by atoms with van der Waals surface area (Å²) in [6.07, 6.45) is 2.55. The third-order valence-corrected chi connectivity index (χ3v) is 7.06. The Kier molecular flexibility index (Phi) is 5.15. The van der Waals surface area contributed by atoms with Crippen LogP contribution in [0.15, 0.2) is 52.3 Å². The number of nitrogens with zero attached hydrogens (tertiary/aromatic N) is 4. The van der Waals surface area contributed by atoms with E-state index in [4.69, 9.17) is 0 Å². The number of hydrogen-bond donors (Lipinski definition) is 1. The van der Waals surface area contributed by atoms with E-state index in [2.05, 4.69) is 21.9 Å². The van der Waals surface area contributed by atoms with Crippen LogP contribution in [-0.4, -0.2) is 39.4 Å². The number of pyridine rings is 1. The molecule has 1 N–H and O–H groups in total. The smallest absolute Gasteiger partial charge is 0.265 e. The third-order valence-electron chi connectivity index (χ3n) is 6.07. The molecule has 1 aliphatic rings. The molecular formula is C25H24N4O2S. The molecule has 2 aromatic heterocycles. The van der Waals surface area contributed by atoms with Crippen molar-refractivity contribution in [2.75, 3.05) is 13.6 Å². The summed E-state index contributed by atoms with van der Waals surface area (Å²) in [5.41, 5.74) is 4.16. The van der Waals surface area contributed by atoms with Crippen molar-refractivity contribution in [1.82, 2.24) is 14.5 Å². The Bertz CT molecular complexity index is 1430. The van der Waals surface area contributed by atoms with Crippen molar-refractivity contribution in [2.45, 2.75) is 26.8 Å². The predicted molar refractivity (Wildman–Crippen MR) is 130 cm³/mol. The van der Waals surface area contributed by atoms with Crippen LogP contribution in [0, 0.1) is 13.8 Å². The Hall–Kier alpha value is -3.29. The van der Waals surface area contributed by atoms with Crippen molar-refractivity contribution in [1.29, 1.82) is 0 Å². The van der Waals surface area contributed by atoms with Gasteiger partial charge in [0.1, 0.15) is 0 Å². The van der Waals surface area contributed by atoms with Gasteiger partial charge in [0, 0.05) is 41.4 Å². The Morgan fingerprint density at radius 1 is 1.12 bits per heavy atom. The van der Waals surface area contributed by atoms with Gasteiger partial charge in [0.05, 0.1) is 16.9 Å². The molecule has 5 rings (SSSR count). The zero-order valence-electron chi connectivity index (χ0n) is 18.3. The quantitative estimate of drug-likeness (QED) is 0.472. The molecule has 0 atom stereocenters. The number of aromatic hydroxyl groups is 1. The van der Waals surface area contributed by atoms with Crippen molar-refractivity contribution in [3.8, 4) is 11.6 Å². The number of hydrogen-bond acceptors (Lipinski definition) is 6. The van der Waals surface area contributed by atoms with E-state index in [9.17, 15) is 9.90 Å². The van der Waals surface area contributed by atoms with Gasteiger partial charge in [-0.2, -0.15) is 0 Å². The highest BCUT2D eigenvalue weighted by atomic mass is 32.1. The summed E-state index contributed by atoms with van der Waals surface area (Å²) >= 11 is 1.58. The molecule has 0 amide bonds. The van der Waals surface area contributed by atoms with Gasteiger partial charge in [0.15, 0.2) is 0 Å². The fourth-order valence-electron chi connectivity index (χ4n) is 4.08. The molecule has 7 heteroatoms. The lowest BCUT2D eigenvalue weighted by Crippen LogP contribution is -2.25. The van der Waals surface area contributed by atoms with Crippen molar-refractivity contribution in [3.63, 3.8) is 0 Å². The number of aromatic nitrogens is 2. The molecule has 162 valence electrons. The average molecular weight is 445 g/mol. The molecule has 32 heavy (non-hydrogen) atoms. The summed E-state index contributed by atoms with van der Waals surface area (Å²) in [5, 5.41) is 13.1. The van der Waals surface area contributed by atoms with Gasteiger partial charge < -0.3 is 10.0 Å². The largest absolute Gasteiger partial charge is 0.494 e. The van der Waals surface area contributed by atoms with Crippen LogP contribution < -0.4 is 5.56 Å². The Balaban J connectivity index is 1.67. The summed E-state index contributed by atoms with van der Waals surface area (Å²) in [6, 6.07) is 13.0. The van der Waals surface area contributed by atoms with E-state index >= 15 is 0 Å². The number of aryl methyl sites for hydroxylation is 2. The van der Waals surface area contributed by atoms with E-state index in [1.165, 1.54) is 9.44 Å².